The van der Waals surface area contributed by atoms with Gasteiger partial charge in [-0.2, -0.15) is 4.37 Å². The molecule has 0 atom stereocenters. The van der Waals surface area contributed by atoms with E-state index in [-0.39, 0.29) is 106 Å². The molecule has 1 aliphatic carbocycles. The number of fused-ring (bicyclic) bond motifs is 7. The number of methoxy groups -OCH3 is 1. The minimum absolute atomic E-state index is 0.00122. The van der Waals surface area contributed by atoms with Crippen LogP contribution in [0.1, 0.15) is 115 Å². The predicted molar refractivity (Wildman–Crippen MR) is 530 cm³/mol. The van der Waals surface area contributed by atoms with E-state index in [0.717, 1.165) is 74.4 Å². The summed E-state index contributed by atoms with van der Waals surface area (Å²) in [5.41, 5.74) is 7.97. The number of nitro benzene ring substituents is 1. The van der Waals surface area contributed by atoms with E-state index in [1.165, 1.54) is 40.9 Å². The highest BCUT2D eigenvalue weighted by atomic mass is 32.1. The molecule has 14 aromatic carbocycles. The lowest BCUT2D eigenvalue weighted by atomic mass is 9.95. The number of aldehydes is 1. The number of carbonyl (C=O) groups is 6. The number of phenols is 4. The van der Waals surface area contributed by atoms with Gasteiger partial charge in [0.25, 0.3) is 29.3 Å². The van der Waals surface area contributed by atoms with Crippen molar-refractivity contribution in [3.05, 3.63) is 337 Å². The van der Waals surface area contributed by atoms with E-state index in [1.54, 1.807) is 191 Å². The van der Waals surface area contributed by atoms with Crippen LogP contribution in [-0.2, 0) is 37.4 Å². The lowest BCUT2D eigenvalue weighted by molar-refractivity contribution is -0.384. The summed E-state index contributed by atoms with van der Waals surface area (Å²) in [6, 6.07) is 73.3. The minimum Gasteiger partial charge on any atom is -0.505 e. The highest BCUT2D eigenvalue weighted by Gasteiger charge is 2.29. The van der Waals surface area contributed by atoms with Gasteiger partial charge >= 0.3 is 5.97 Å². The van der Waals surface area contributed by atoms with Crippen molar-refractivity contribution in [1.29, 1.82) is 0 Å². The topological polar surface area (TPSA) is 504 Å². The van der Waals surface area contributed by atoms with Crippen molar-refractivity contribution < 1.29 is 83.4 Å². The van der Waals surface area contributed by atoms with Crippen LogP contribution in [0, 0.1) is 17.0 Å². The Hall–Kier alpha value is -17.5. The Morgan fingerprint density at radius 2 is 0.899 bits per heavy atom. The number of esters is 1. The quantitative estimate of drug-likeness (QED) is 0.00880. The minimum atomic E-state index is -0.551. The zero-order valence-electron chi connectivity index (χ0n) is 73.8. The summed E-state index contributed by atoms with van der Waals surface area (Å²) in [5, 5.41) is 138. The number of aliphatic hydroxyl groups is 3. The maximum absolute atomic E-state index is 13.2. The first kappa shape index (κ1) is 94.7. The van der Waals surface area contributed by atoms with Crippen molar-refractivity contribution >= 4 is 206 Å². The molecular weight excluding hydrogens is 1830 g/mol. The number of thiazole rings is 1. The second-order valence-corrected chi connectivity index (χ2v) is 33.8. The van der Waals surface area contributed by atoms with Crippen LogP contribution in [0.5, 0.6) is 28.7 Å². The Morgan fingerprint density at radius 3 is 1.32 bits per heavy atom. The van der Waals surface area contributed by atoms with Gasteiger partial charge in [0, 0.05) is 84.4 Å². The first-order valence-corrected chi connectivity index (χ1v) is 45.2. The lowest BCUT2D eigenvalue weighted by Crippen LogP contribution is -2.12. The highest BCUT2D eigenvalue weighted by Crippen LogP contribution is 2.48. The zero-order valence-corrected chi connectivity index (χ0v) is 76.2. The van der Waals surface area contributed by atoms with Gasteiger partial charge in [-0.25, -0.2) is 9.78 Å². The molecule has 0 aliphatic heterocycles. The van der Waals surface area contributed by atoms with Crippen molar-refractivity contribution in [1.82, 2.24) is 14.5 Å². The number of ether oxygens (including phenoxy) is 2. The molecule has 18 aromatic rings. The number of benzene rings is 14. The molecule has 37 heteroatoms. The number of thiophene rings is 1. The van der Waals surface area contributed by atoms with Crippen molar-refractivity contribution in [2.45, 2.75) is 59.4 Å². The van der Waals surface area contributed by atoms with E-state index in [1.807, 2.05) is 72.8 Å². The Bertz CT molecular complexity index is 7900. The van der Waals surface area contributed by atoms with Gasteiger partial charge in [-0.1, -0.05) is 150 Å². The fourth-order valence-electron chi connectivity index (χ4n) is 14.9. The first-order chi connectivity index (χ1) is 67.5. The van der Waals surface area contributed by atoms with Gasteiger partial charge in [-0.15, -0.1) is 52.3 Å². The summed E-state index contributed by atoms with van der Waals surface area (Å²) in [6.07, 6.45) is 4.44. The third-order valence-electron chi connectivity index (χ3n) is 21.9. The Balaban J connectivity index is 0.000000134. The number of azo groups is 4. The SMILES string of the molecule is CCOC(=O)c1c(N=Nc2c(O)c(C(=O)Nc3ccc(CO)cc3)cc3ccccc23)sc2c1CCCC2.COc1ccc2sc(N=Nc3c(O)c(C(=O)Nc4ccc(CO)cc4)cc4ccccc34)nc2c1.Cc1cc(N=Nc2c(O)c(C(=O)Nc3ccc(C=O)cc3)cc3ccccc23)no1.O=C(Nc1ccc(CO)cc1)c1cc2ccccc2c(N=Nc2snc3ccc([N+](=O)[O-])cc23)c1O. The summed E-state index contributed by atoms with van der Waals surface area (Å²) < 4.78 is 20.7. The van der Waals surface area contributed by atoms with Crippen LogP contribution in [-0.4, -0.2) is 105 Å². The van der Waals surface area contributed by atoms with Gasteiger partial charge in [0.05, 0.1) is 76.4 Å². The number of amides is 4. The third-order valence-corrected chi connectivity index (χ3v) is 24.8. The molecule has 0 saturated carbocycles. The Morgan fingerprint density at radius 1 is 0.475 bits per heavy atom. The van der Waals surface area contributed by atoms with Crippen molar-refractivity contribution in [3.63, 3.8) is 0 Å². The molecule has 139 heavy (non-hydrogen) atoms. The summed E-state index contributed by atoms with van der Waals surface area (Å²) in [7, 11) is 1.59. The number of anilines is 4. The molecule has 34 nitrogen and oxygen atoms in total. The van der Waals surface area contributed by atoms with Gasteiger partial charge < -0.3 is 71.0 Å². The molecule has 4 amide bonds. The lowest BCUT2D eigenvalue weighted by Gasteiger charge is -2.12. The second-order valence-electron chi connectivity index (χ2n) is 31.0. The number of aryl methyl sites for hydroxylation is 2. The van der Waals surface area contributed by atoms with Crippen molar-refractivity contribution in [2.24, 2.45) is 40.9 Å². The van der Waals surface area contributed by atoms with Gasteiger partial charge in [-0.05, 0) is 198 Å². The highest BCUT2D eigenvalue weighted by molar-refractivity contribution is 7.22. The van der Waals surface area contributed by atoms with Crippen LogP contribution < -0.4 is 26.0 Å². The maximum Gasteiger partial charge on any atom is 0.341 e. The monoisotopic (exact) mass is 1910 g/mol. The van der Waals surface area contributed by atoms with Gasteiger partial charge in [0.2, 0.25) is 10.9 Å². The maximum atomic E-state index is 13.2. The van der Waals surface area contributed by atoms with Crippen molar-refractivity contribution in [3.8, 4) is 28.7 Å². The van der Waals surface area contributed by atoms with Crippen LogP contribution in [0.4, 0.5) is 72.1 Å². The molecule has 0 radical (unpaired) electrons. The molecular formula is C102H80N16O18S3. The largest absolute Gasteiger partial charge is 0.505 e. The molecule has 0 bridgehead atoms. The molecule has 4 heterocycles. The molecule has 0 spiro atoms. The number of hydrogen-bond acceptors (Lipinski definition) is 32. The van der Waals surface area contributed by atoms with Gasteiger partial charge in [-0.3, -0.25) is 34.1 Å². The number of nitro groups is 1. The number of aliphatic hydroxyl groups excluding tert-OH is 3. The van der Waals surface area contributed by atoms with E-state index in [4.69, 9.17) is 14.0 Å². The fourth-order valence-corrected chi connectivity index (χ4v) is 17.5. The predicted octanol–water partition coefficient (Wildman–Crippen LogP) is 24.7. The average Bonchev–Trinajstić information content (AvgIpc) is 1.54. The van der Waals surface area contributed by atoms with Crippen LogP contribution in [0.25, 0.3) is 64.2 Å². The van der Waals surface area contributed by atoms with Crippen LogP contribution >= 0.6 is 34.2 Å². The number of hydrogen-bond donors (Lipinski definition) is 11. The first-order valence-electron chi connectivity index (χ1n) is 42.8. The van der Waals surface area contributed by atoms with Gasteiger partial charge in [0.15, 0.2) is 33.0 Å². The smallest absolute Gasteiger partial charge is 0.341 e. The number of nitrogens with one attached hydrogen (secondary N) is 4. The van der Waals surface area contributed by atoms with E-state index >= 15 is 0 Å². The zero-order chi connectivity index (χ0) is 97.3. The number of rotatable bonds is 24. The van der Waals surface area contributed by atoms with E-state index in [9.17, 15) is 74.6 Å². The average molecular weight is 1910 g/mol. The summed E-state index contributed by atoms with van der Waals surface area (Å²) >= 11 is 3.80. The molecule has 11 N–H and O–H groups in total. The molecule has 1 aliphatic rings. The van der Waals surface area contributed by atoms with Gasteiger partial charge in [0.1, 0.15) is 46.1 Å². The normalized spacial score (nSPS) is 11.8. The standard InChI is InChI=1S/C29H27N3O5S.C26H20N4O4S.C25H17N5O5S.C22H16N4O4/c1-2-37-29(36)24-21-9-5-6-10-23(21)38-28(24)32-31-25-20-8-4-3-7-18(20)15-22(26(25)34)27(35)30-19-13-11-17(16-33)12-14-19;1-34-18-10-11-22-21(13-18)28-26(35-22)30-29-23-19-5-3-2-4-16(19)12-20(24(23)32)25(33)27-17-8-6-15(14-31)7-9-17;31-13-14-5-7-16(8-6-14)26-24(33)20-11-15-3-1-2-4-18(15)22(23(20)32)27-28-25-19-12-17(30(34)35)9-10-21(19)29-36-25;1-13-10-19(26-30-13)24-25-20-17-5-3-2-4-15(17)11-18(21(20)28)22(29)23-16-8-6-14(12-27)7-9-16/h3-4,7-8,11-15,33-34H,2,5-6,9-10,16H2,1H3,(H,30,35);2-13,31-32H,14H2,1H3,(H,27,33);1-12,31-32H,13H2,(H,26,33);2-12,28H,1H3,(H,23,29). The van der Waals surface area contributed by atoms with Crippen LogP contribution in [0.3, 0.4) is 0 Å². The summed E-state index contributed by atoms with van der Waals surface area (Å²) in [5.74, 6) is -2.23. The second kappa shape index (κ2) is 43.2. The number of phenolic OH excluding ortho intramolecular Hbond substituents is 4. The molecule has 19 rings (SSSR count). The molecule has 0 fully saturated rings. The molecule has 0 unspecified atom stereocenters. The van der Waals surface area contributed by atoms with E-state index < -0.39 is 34.5 Å². The number of nitrogens with zero attached hydrogens (tertiary/aromatic N) is 12. The molecule has 4 aromatic heterocycles. The fraction of sp³-hybridized carbons (Fsp3) is 0.108. The molecule has 694 valence electrons. The number of aromatic nitrogens is 3. The Kier molecular flexibility index (Phi) is 29.5. The van der Waals surface area contributed by atoms with E-state index in [2.05, 4.69) is 76.7 Å². The Labute approximate surface area is 800 Å². The number of carbonyl (C=O) groups excluding carboxylic acids is 6. The number of aromatic hydroxyl groups is 4. The number of non-ortho nitro benzene ring substituents is 1. The third kappa shape index (κ3) is 21.8. The van der Waals surface area contributed by atoms with E-state index in [0.29, 0.717) is 121 Å². The van der Waals surface area contributed by atoms with Crippen LogP contribution in [0.2, 0.25) is 0 Å². The summed E-state index contributed by atoms with van der Waals surface area (Å²) in [6.45, 7) is 3.45. The van der Waals surface area contributed by atoms with Crippen LogP contribution in [0.15, 0.2) is 306 Å². The summed E-state index contributed by atoms with van der Waals surface area (Å²) in [4.78, 5) is 91.9. The van der Waals surface area contributed by atoms with Crippen molar-refractivity contribution in [2.75, 3.05) is 35.0 Å². The molecule has 0 saturated heterocycles.